The fourth-order valence-electron chi connectivity index (χ4n) is 8.82. The van der Waals surface area contributed by atoms with E-state index in [-0.39, 0.29) is 0 Å². The SMILES string of the molecule is C(=CC1CCC(N(C2CCCCC2)C2CCCCC2)C2CCCCC12)C1CCCCC1. The van der Waals surface area contributed by atoms with Crippen LogP contribution in [0.15, 0.2) is 12.2 Å². The van der Waals surface area contributed by atoms with E-state index in [2.05, 4.69) is 17.1 Å². The van der Waals surface area contributed by atoms with Gasteiger partial charge in [-0.05, 0) is 87.9 Å². The van der Waals surface area contributed by atoms with Gasteiger partial charge in [0.05, 0.1) is 0 Å². The third-order valence-corrected chi connectivity index (χ3v) is 10.4. The zero-order chi connectivity index (χ0) is 20.9. The van der Waals surface area contributed by atoms with Gasteiger partial charge in [-0.2, -0.15) is 0 Å². The van der Waals surface area contributed by atoms with Crippen molar-refractivity contribution in [2.24, 2.45) is 23.7 Å². The van der Waals surface area contributed by atoms with E-state index in [1.807, 2.05) is 0 Å². The maximum absolute atomic E-state index is 3.24. The topological polar surface area (TPSA) is 3.24 Å². The molecule has 5 rings (SSSR count). The summed E-state index contributed by atoms with van der Waals surface area (Å²) < 4.78 is 0. The molecule has 0 saturated heterocycles. The molecule has 5 fully saturated rings. The van der Waals surface area contributed by atoms with Gasteiger partial charge in [-0.3, -0.25) is 4.90 Å². The Morgan fingerprint density at radius 3 is 1.55 bits per heavy atom. The molecule has 0 heterocycles. The van der Waals surface area contributed by atoms with Crippen LogP contribution in [0.3, 0.4) is 0 Å². The molecule has 0 aromatic heterocycles. The van der Waals surface area contributed by atoms with Gasteiger partial charge >= 0.3 is 0 Å². The summed E-state index contributed by atoms with van der Waals surface area (Å²) in [5.41, 5.74) is 0. The molecule has 4 atom stereocenters. The number of hydrogen-bond acceptors (Lipinski definition) is 1. The van der Waals surface area contributed by atoms with E-state index >= 15 is 0 Å². The van der Waals surface area contributed by atoms with Crippen molar-refractivity contribution in [2.45, 2.75) is 153 Å². The van der Waals surface area contributed by atoms with Crippen molar-refractivity contribution in [2.75, 3.05) is 0 Å². The van der Waals surface area contributed by atoms with E-state index in [1.165, 1.54) is 128 Å². The molecule has 176 valence electrons. The van der Waals surface area contributed by atoms with Crippen molar-refractivity contribution >= 4 is 0 Å². The lowest BCUT2D eigenvalue weighted by molar-refractivity contribution is -0.0427. The van der Waals surface area contributed by atoms with Crippen LogP contribution >= 0.6 is 0 Å². The number of nitrogens with zero attached hydrogens (tertiary/aromatic N) is 1. The van der Waals surface area contributed by atoms with Crippen molar-refractivity contribution in [1.82, 2.24) is 4.90 Å². The van der Waals surface area contributed by atoms with Crippen LogP contribution < -0.4 is 0 Å². The molecule has 1 heteroatoms. The zero-order valence-electron chi connectivity index (χ0n) is 20.5. The Kier molecular flexibility index (Phi) is 8.14. The summed E-state index contributed by atoms with van der Waals surface area (Å²) in [5, 5.41) is 0. The van der Waals surface area contributed by atoms with Gasteiger partial charge in [0.1, 0.15) is 0 Å². The van der Waals surface area contributed by atoms with Crippen LogP contribution in [0, 0.1) is 23.7 Å². The molecule has 0 radical (unpaired) electrons. The highest BCUT2D eigenvalue weighted by atomic mass is 15.2. The number of allylic oxidation sites excluding steroid dienone is 2. The standard InChI is InChI=1S/C30H51N/c1-4-12-24(13-5-1)20-21-25-22-23-30(29-19-11-10-18-28(25)29)31(26-14-6-2-7-15-26)27-16-8-3-9-17-27/h20-21,24-30H,1-19,22-23H2. The Hall–Kier alpha value is -0.300. The minimum absolute atomic E-state index is 0.906. The van der Waals surface area contributed by atoms with Crippen molar-refractivity contribution in [1.29, 1.82) is 0 Å². The second-order valence-electron chi connectivity index (χ2n) is 12.2. The molecule has 5 aliphatic rings. The third kappa shape index (κ3) is 5.44. The van der Waals surface area contributed by atoms with Gasteiger partial charge in [-0.25, -0.2) is 0 Å². The summed E-state index contributed by atoms with van der Waals surface area (Å²) in [6.45, 7) is 0. The normalized spacial score (nSPS) is 37.3. The second-order valence-corrected chi connectivity index (χ2v) is 12.2. The molecule has 5 aliphatic carbocycles. The average molecular weight is 426 g/mol. The van der Waals surface area contributed by atoms with Crippen LogP contribution in [0.2, 0.25) is 0 Å². The van der Waals surface area contributed by atoms with Gasteiger partial charge in [0, 0.05) is 18.1 Å². The minimum Gasteiger partial charge on any atom is -0.294 e. The summed E-state index contributed by atoms with van der Waals surface area (Å²) in [4.78, 5) is 3.24. The molecule has 0 spiro atoms. The largest absolute Gasteiger partial charge is 0.294 e. The Labute approximate surface area is 193 Å². The lowest BCUT2D eigenvalue weighted by Gasteiger charge is -2.54. The van der Waals surface area contributed by atoms with Gasteiger partial charge in [0.2, 0.25) is 0 Å². The molecule has 0 aromatic rings. The molecule has 0 amide bonds. The van der Waals surface area contributed by atoms with Gasteiger partial charge in [-0.15, -0.1) is 0 Å². The Bertz CT molecular complexity index is 531. The summed E-state index contributed by atoms with van der Waals surface area (Å²) in [6, 6.07) is 2.79. The van der Waals surface area contributed by atoms with Gasteiger partial charge in [-0.1, -0.05) is 82.8 Å². The zero-order valence-corrected chi connectivity index (χ0v) is 20.5. The Morgan fingerprint density at radius 2 is 0.935 bits per heavy atom. The summed E-state index contributed by atoms with van der Waals surface area (Å²) in [5.74, 6) is 3.83. The summed E-state index contributed by atoms with van der Waals surface area (Å²) in [7, 11) is 0. The fraction of sp³-hybridized carbons (Fsp3) is 0.933. The molecular formula is C30H51N. The highest BCUT2D eigenvalue weighted by Crippen LogP contribution is 2.48. The van der Waals surface area contributed by atoms with Crippen molar-refractivity contribution in [3.8, 4) is 0 Å². The van der Waals surface area contributed by atoms with Gasteiger partial charge in [0.25, 0.3) is 0 Å². The van der Waals surface area contributed by atoms with Crippen LogP contribution in [0.4, 0.5) is 0 Å². The molecule has 0 bridgehead atoms. The fourth-order valence-corrected chi connectivity index (χ4v) is 8.82. The monoisotopic (exact) mass is 425 g/mol. The molecule has 5 saturated carbocycles. The quantitative estimate of drug-likeness (QED) is 0.398. The van der Waals surface area contributed by atoms with Crippen LogP contribution in [-0.2, 0) is 0 Å². The van der Waals surface area contributed by atoms with Crippen molar-refractivity contribution in [3.05, 3.63) is 12.2 Å². The van der Waals surface area contributed by atoms with Crippen molar-refractivity contribution in [3.63, 3.8) is 0 Å². The van der Waals surface area contributed by atoms with E-state index in [0.29, 0.717) is 0 Å². The highest BCUT2D eigenvalue weighted by Gasteiger charge is 2.45. The molecular weight excluding hydrogens is 374 g/mol. The third-order valence-electron chi connectivity index (χ3n) is 10.4. The molecule has 1 nitrogen and oxygen atoms in total. The predicted molar refractivity (Wildman–Crippen MR) is 133 cm³/mol. The first-order valence-corrected chi connectivity index (χ1v) is 14.9. The van der Waals surface area contributed by atoms with Crippen LogP contribution in [0.5, 0.6) is 0 Å². The van der Waals surface area contributed by atoms with E-state index in [0.717, 1.165) is 41.8 Å². The summed E-state index contributed by atoms with van der Waals surface area (Å²) in [6.07, 6.45) is 37.0. The maximum Gasteiger partial charge on any atom is 0.0132 e. The van der Waals surface area contributed by atoms with E-state index in [1.54, 1.807) is 6.42 Å². The smallest absolute Gasteiger partial charge is 0.0132 e. The number of rotatable bonds is 5. The van der Waals surface area contributed by atoms with Crippen LogP contribution in [0.1, 0.15) is 135 Å². The Balaban J connectivity index is 1.32. The lowest BCUT2D eigenvalue weighted by atomic mass is 9.62. The first-order valence-electron chi connectivity index (χ1n) is 14.9. The predicted octanol–water partition coefficient (Wildman–Crippen LogP) is 8.68. The number of hydrogen-bond donors (Lipinski definition) is 0. The van der Waals surface area contributed by atoms with E-state index in [4.69, 9.17) is 0 Å². The van der Waals surface area contributed by atoms with E-state index < -0.39 is 0 Å². The number of fused-ring (bicyclic) bond motifs is 1. The molecule has 0 aromatic carbocycles. The Morgan fingerprint density at radius 1 is 0.419 bits per heavy atom. The minimum atomic E-state index is 0.906. The second kappa shape index (κ2) is 11.2. The van der Waals surface area contributed by atoms with Crippen molar-refractivity contribution < 1.29 is 0 Å². The van der Waals surface area contributed by atoms with Crippen LogP contribution in [0.25, 0.3) is 0 Å². The van der Waals surface area contributed by atoms with Crippen LogP contribution in [-0.4, -0.2) is 23.0 Å². The highest BCUT2D eigenvalue weighted by molar-refractivity contribution is 5.05. The summed E-state index contributed by atoms with van der Waals surface area (Å²) >= 11 is 0. The first-order chi connectivity index (χ1) is 15.4. The lowest BCUT2D eigenvalue weighted by Crippen LogP contribution is -2.57. The molecule has 0 N–H and O–H groups in total. The maximum atomic E-state index is 3.24. The molecule has 0 aliphatic heterocycles. The molecule has 31 heavy (non-hydrogen) atoms. The first kappa shape index (κ1) is 22.5. The average Bonchev–Trinajstić information content (AvgIpc) is 2.85. The van der Waals surface area contributed by atoms with Gasteiger partial charge < -0.3 is 0 Å². The van der Waals surface area contributed by atoms with E-state index in [9.17, 15) is 0 Å². The molecule has 4 unspecified atom stereocenters. The van der Waals surface area contributed by atoms with Gasteiger partial charge in [0.15, 0.2) is 0 Å².